The standard InChI is InChI=1S/C5H6F3N/c1-2-9-4-3-5(6,7)8/h2,4H,1,3H2. The van der Waals surface area contributed by atoms with Crippen molar-refractivity contribution >= 4 is 6.21 Å². The van der Waals surface area contributed by atoms with Crippen molar-refractivity contribution < 1.29 is 13.2 Å². The maximum absolute atomic E-state index is 11.3. The van der Waals surface area contributed by atoms with Crippen molar-refractivity contribution in [2.75, 3.05) is 0 Å². The van der Waals surface area contributed by atoms with Gasteiger partial charge in [0.15, 0.2) is 0 Å². The zero-order valence-corrected chi connectivity index (χ0v) is 4.65. The first kappa shape index (κ1) is 8.20. The molecule has 0 unspecified atom stereocenters. The molecule has 0 amide bonds. The molecular formula is C5H6F3N. The second-order valence-electron chi connectivity index (χ2n) is 1.33. The molecule has 0 bridgehead atoms. The first-order valence-corrected chi connectivity index (χ1v) is 2.25. The summed E-state index contributed by atoms with van der Waals surface area (Å²) in [6.07, 6.45) is -3.30. The SMILES string of the molecule is C=CN=CCC(F)(F)F. The highest BCUT2D eigenvalue weighted by molar-refractivity contribution is 5.58. The van der Waals surface area contributed by atoms with Crippen LogP contribution in [0, 0.1) is 0 Å². The summed E-state index contributed by atoms with van der Waals surface area (Å²) in [6, 6.07) is 0. The van der Waals surface area contributed by atoms with Gasteiger partial charge in [-0.2, -0.15) is 13.2 Å². The topological polar surface area (TPSA) is 12.4 Å². The first-order valence-electron chi connectivity index (χ1n) is 2.25. The van der Waals surface area contributed by atoms with E-state index in [1.165, 1.54) is 0 Å². The molecular weight excluding hydrogens is 131 g/mol. The highest BCUT2D eigenvalue weighted by Crippen LogP contribution is 2.17. The van der Waals surface area contributed by atoms with Crippen LogP contribution in [-0.4, -0.2) is 12.4 Å². The summed E-state index contributed by atoms with van der Waals surface area (Å²) < 4.78 is 33.8. The summed E-state index contributed by atoms with van der Waals surface area (Å²) >= 11 is 0. The van der Waals surface area contributed by atoms with Crippen LogP contribution in [0.4, 0.5) is 13.2 Å². The Morgan fingerprint density at radius 1 is 1.44 bits per heavy atom. The Balaban J connectivity index is 3.50. The normalized spacial score (nSPS) is 12.3. The quantitative estimate of drug-likeness (QED) is 0.517. The van der Waals surface area contributed by atoms with Crippen molar-refractivity contribution in [1.82, 2.24) is 0 Å². The average Bonchev–Trinajstić information content (AvgIpc) is 1.63. The Morgan fingerprint density at radius 3 is 2.33 bits per heavy atom. The molecule has 0 radical (unpaired) electrons. The number of aliphatic imine (C=N–C) groups is 1. The van der Waals surface area contributed by atoms with Gasteiger partial charge in [-0.05, 0) is 0 Å². The Labute approximate surface area is 50.9 Å². The Kier molecular flexibility index (Phi) is 2.98. The van der Waals surface area contributed by atoms with E-state index in [9.17, 15) is 13.2 Å². The van der Waals surface area contributed by atoms with E-state index in [0.29, 0.717) is 0 Å². The summed E-state index contributed by atoms with van der Waals surface area (Å²) in [5, 5.41) is 0. The third kappa shape index (κ3) is 7.20. The second kappa shape index (κ2) is 3.27. The van der Waals surface area contributed by atoms with E-state index in [4.69, 9.17) is 0 Å². The molecule has 0 fully saturated rings. The molecule has 0 aromatic rings. The monoisotopic (exact) mass is 137 g/mol. The van der Waals surface area contributed by atoms with Crippen LogP contribution in [0.1, 0.15) is 6.42 Å². The zero-order valence-electron chi connectivity index (χ0n) is 4.65. The molecule has 0 aliphatic heterocycles. The minimum Gasteiger partial charge on any atom is -0.269 e. The highest BCUT2D eigenvalue weighted by Gasteiger charge is 2.24. The predicted octanol–water partition coefficient (Wildman–Crippen LogP) is 2.15. The lowest BCUT2D eigenvalue weighted by atomic mass is 10.5. The van der Waals surface area contributed by atoms with Crippen molar-refractivity contribution in [2.24, 2.45) is 4.99 Å². The Bertz CT molecular complexity index is 114. The van der Waals surface area contributed by atoms with Crippen LogP contribution in [0.5, 0.6) is 0 Å². The van der Waals surface area contributed by atoms with Crippen LogP contribution < -0.4 is 0 Å². The fourth-order valence-corrected chi connectivity index (χ4v) is 0.231. The number of alkyl halides is 3. The average molecular weight is 137 g/mol. The molecule has 0 saturated carbocycles. The smallest absolute Gasteiger partial charge is 0.269 e. The summed E-state index contributed by atoms with van der Waals surface area (Å²) in [5.41, 5.74) is 0. The molecule has 0 rings (SSSR count). The lowest BCUT2D eigenvalue weighted by molar-refractivity contribution is -0.120. The molecule has 1 nitrogen and oxygen atoms in total. The molecule has 0 aromatic heterocycles. The van der Waals surface area contributed by atoms with Gasteiger partial charge in [0.2, 0.25) is 0 Å². The number of hydrogen-bond acceptors (Lipinski definition) is 1. The molecule has 9 heavy (non-hydrogen) atoms. The predicted molar refractivity (Wildman–Crippen MR) is 29.4 cm³/mol. The van der Waals surface area contributed by atoms with Gasteiger partial charge >= 0.3 is 6.18 Å². The van der Waals surface area contributed by atoms with Crippen molar-refractivity contribution in [2.45, 2.75) is 12.6 Å². The molecule has 4 heteroatoms. The van der Waals surface area contributed by atoms with Crippen LogP contribution in [0.15, 0.2) is 17.8 Å². The number of halogens is 3. The molecule has 0 aliphatic carbocycles. The molecule has 52 valence electrons. The van der Waals surface area contributed by atoms with E-state index < -0.39 is 12.6 Å². The largest absolute Gasteiger partial charge is 0.393 e. The van der Waals surface area contributed by atoms with Gasteiger partial charge in [-0.3, -0.25) is 4.99 Å². The van der Waals surface area contributed by atoms with Gasteiger partial charge in [0.05, 0.1) is 6.42 Å². The van der Waals surface area contributed by atoms with Gasteiger partial charge < -0.3 is 0 Å². The number of rotatable bonds is 2. The third-order valence-corrected chi connectivity index (χ3v) is 0.534. The van der Waals surface area contributed by atoms with Gasteiger partial charge in [-0.1, -0.05) is 6.58 Å². The first-order chi connectivity index (χ1) is 4.06. The number of hydrogen-bond donors (Lipinski definition) is 0. The van der Waals surface area contributed by atoms with E-state index in [1.54, 1.807) is 0 Å². The van der Waals surface area contributed by atoms with Crippen molar-refractivity contribution in [3.63, 3.8) is 0 Å². The van der Waals surface area contributed by atoms with Crippen molar-refractivity contribution in [1.29, 1.82) is 0 Å². The molecule has 0 N–H and O–H groups in total. The summed E-state index contributed by atoms with van der Waals surface area (Å²) in [7, 11) is 0. The fourth-order valence-electron chi connectivity index (χ4n) is 0.231. The van der Waals surface area contributed by atoms with E-state index in [1.807, 2.05) is 0 Å². The summed E-state index contributed by atoms with van der Waals surface area (Å²) in [6.45, 7) is 3.11. The van der Waals surface area contributed by atoms with E-state index in [-0.39, 0.29) is 0 Å². The third-order valence-electron chi connectivity index (χ3n) is 0.534. The zero-order chi connectivity index (χ0) is 7.33. The number of nitrogens with zero attached hydrogens (tertiary/aromatic N) is 1. The fraction of sp³-hybridized carbons (Fsp3) is 0.400. The van der Waals surface area contributed by atoms with E-state index in [2.05, 4.69) is 11.6 Å². The van der Waals surface area contributed by atoms with Crippen LogP contribution in [0.3, 0.4) is 0 Å². The summed E-state index contributed by atoms with van der Waals surface area (Å²) in [5.74, 6) is 0. The van der Waals surface area contributed by atoms with Crippen LogP contribution in [0.2, 0.25) is 0 Å². The van der Waals surface area contributed by atoms with E-state index >= 15 is 0 Å². The van der Waals surface area contributed by atoms with Crippen LogP contribution in [0.25, 0.3) is 0 Å². The second-order valence-corrected chi connectivity index (χ2v) is 1.33. The molecule has 0 atom stereocenters. The minimum absolute atomic E-state index is 0.771. The van der Waals surface area contributed by atoms with Gasteiger partial charge in [-0.15, -0.1) is 0 Å². The lowest BCUT2D eigenvalue weighted by Crippen LogP contribution is -2.06. The Hall–Kier alpha value is -0.800. The molecule has 0 aromatic carbocycles. The van der Waals surface area contributed by atoms with Gasteiger partial charge in [-0.25, -0.2) is 0 Å². The van der Waals surface area contributed by atoms with Gasteiger partial charge in [0.1, 0.15) is 0 Å². The molecule has 0 aliphatic rings. The van der Waals surface area contributed by atoms with Crippen molar-refractivity contribution in [3.8, 4) is 0 Å². The molecule has 0 saturated heterocycles. The maximum atomic E-state index is 11.3. The van der Waals surface area contributed by atoms with E-state index in [0.717, 1.165) is 12.4 Å². The maximum Gasteiger partial charge on any atom is 0.393 e. The molecule has 0 heterocycles. The van der Waals surface area contributed by atoms with Gasteiger partial charge in [0, 0.05) is 12.4 Å². The van der Waals surface area contributed by atoms with Crippen LogP contribution >= 0.6 is 0 Å². The highest BCUT2D eigenvalue weighted by atomic mass is 19.4. The van der Waals surface area contributed by atoms with Crippen LogP contribution in [-0.2, 0) is 0 Å². The minimum atomic E-state index is -4.15. The molecule has 0 spiro atoms. The summed E-state index contributed by atoms with van der Waals surface area (Å²) in [4.78, 5) is 3.18. The van der Waals surface area contributed by atoms with Crippen molar-refractivity contribution in [3.05, 3.63) is 12.8 Å². The Morgan fingerprint density at radius 2 is 2.00 bits per heavy atom. The van der Waals surface area contributed by atoms with Gasteiger partial charge in [0.25, 0.3) is 0 Å². The lowest BCUT2D eigenvalue weighted by Gasteiger charge is -1.98.